The summed E-state index contributed by atoms with van der Waals surface area (Å²) in [5, 5.41) is 0.655. The van der Waals surface area contributed by atoms with E-state index >= 15 is 0 Å². The molecule has 7 nitrogen and oxygen atoms in total. The SMILES string of the molecule is COc1cc(-n2cnc3cc(-c4ccc(Cl)cc4)sc3c2=O)ccc1OCC(C)(C)OC(=O)[C@@H](C)C(C)C. The highest BCUT2D eigenvalue weighted by atomic mass is 35.5. The Morgan fingerprint density at radius 2 is 1.79 bits per heavy atom. The third kappa shape index (κ3) is 6.03. The zero-order valence-corrected chi connectivity index (χ0v) is 23.9. The third-order valence-electron chi connectivity index (χ3n) is 6.32. The normalized spacial score (nSPS) is 12.5. The topological polar surface area (TPSA) is 79.7 Å². The number of rotatable bonds is 9. The van der Waals surface area contributed by atoms with Crippen molar-refractivity contribution >= 4 is 39.1 Å². The average molecular weight is 555 g/mol. The first-order valence-electron chi connectivity index (χ1n) is 12.3. The van der Waals surface area contributed by atoms with Crippen LogP contribution in [0.5, 0.6) is 11.5 Å². The van der Waals surface area contributed by atoms with Crippen LogP contribution in [-0.4, -0.2) is 34.8 Å². The lowest BCUT2D eigenvalue weighted by Gasteiger charge is -2.28. The van der Waals surface area contributed by atoms with Crippen molar-refractivity contribution in [3.63, 3.8) is 0 Å². The fourth-order valence-corrected chi connectivity index (χ4v) is 4.87. The van der Waals surface area contributed by atoms with Crippen LogP contribution >= 0.6 is 22.9 Å². The lowest BCUT2D eigenvalue weighted by molar-refractivity contribution is -0.165. The smallest absolute Gasteiger partial charge is 0.309 e. The van der Waals surface area contributed by atoms with Crippen LogP contribution in [0.3, 0.4) is 0 Å². The van der Waals surface area contributed by atoms with Crippen molar-refractivity contribution in [2.24, 2.45) is 11.8 Å². The van der Waals surface area contributed by atoms with Crippen molar-refractivity contribution in [2.45, 2.75) is 40.2 Å². The first-order valence-corrected chi connectivity index (χ1v) is 13.5. The molecule has 0 bridgehead atoms. The predicted molar refractivity (Wildman–Crippen MR) is 152 cm³/mol. The summed E-state index contributed by atoms with van der Waals surface area (Å²) in [4.78, 5) is 31.2. The maximum Gasteiger partial charge on any atom is 0.309 e. The minimum atomic E-state index is -0.837. The monoisotopic (exact) mass is 554 g/mol. The van der Waals surface area contributed by atoms with Gasteiger partial charge in [0.2, 0.25) is 0 Å². The Labute approximate surface area is 230 Å². The second-order valence-electron chi connectivity index (χ2n) is 10.1. The van der Waals surface area contributed by atoms with Crippen LogP contribution in [0.1, 0.15) is 34.6 Å². The summed E-state index contributed by atoms with van der Waals surface area (Å²) in [5.41, 5.74) is 1.18. The molecule has 4 aromatic rings. The molecule has 0 spiro atoms. The van der Waals surface area contributed by atoms with Crippen LogP contribution in [0, 0.1) is 11.8 Å². The Morgan fingerprint density at radius 3 is 2.45 bits per heavy atom. The largest absolute Gasteiger partial charge is 0.493 e. The van der Waals surface area contributed by atoms with Gasteiger partial charge >= 0.3 is 5.97 Å². The molecular formula is C29H31ClN2O5S. The molecule has 38 heavy (non-hydrogen) atoms. The molecule has 0 radical (unpaired) electrons. The van der Waals surface area contributed by atoms with Crippen molar-refractivity contribution in [3.05, 3.63) is 70.2 Å². The van der Waals surface area contributed by atoms with Gasteiger partial charge in [0.15, 0.2) is 11.5 Å². The third-order valence-corrected chi connectivity index (χ3v) is 7.73. The fraction of sp³-hybridized carbons (Fsp3) is 0.345. The van der Waals surface area contributed by atoms with Crippen molar-refractivity contribution in [1.29, 1.82) is 0 Å². The highest BCUT2D eigenvalue weighted by Gasteiger charge is 2.28. The van der Waals surface area contributed by atoms with Crippen LogP contribution in [0.2, 0.25) is 5.02 Å². The first kappa shape index (κ1) is 27.7. The Bertz CT molecular complexity index is 1510. The molecular weight excluding hydrogens is 524 g/mol. The van der Waals surface area contributed by atoms with Gasteiger partial charge in [-0.2, -0.15) is 0 Å². The number of hydrogen-bond acceptors (Lipinski definition) is 7. The quantitative estimate of drug-likeness (QED) is 0.212. The van der Waals surface area contributed by atoms with Crippen molar-refractivity contribution in [1.82, 2.24) is 9.55 Å². The van der Waals surface area contributed by atoms with Gasteiger partial charge in [-0.05, 0) is 55.7 Å². The maximum absolute atomic E-state index is 13.4. The summed E-state index contributed by atoms with van der Waals surface area (Å²) in [7, 11) is 1.53. The van der Waals surface area contributed by atoms with Gasteiger partial charge in [0.05, 0.1) is 24.2 Å². The molecule has 0 unspecified atom stereocenters. The number of carbonyl (C=O) groups is 1. The number of methoxy groups -OCH3 is 1. The number of fused-ring (bicyclic) bond motifs is 1. The van der Waals surface area contributed by atoms with E-state index in [1.807, 2.05) is 51.1 Å². The molecule has 0 saturated heterocycles. The Morgan fingerprint density at radius 1 is 1.08 bits per heavy atom. The zero-order chi connectivity index (χ0) is 27.6. The van der Waals surface area contributed by atoms with Gasteiger partial charge in [-0.25, -0.2) is 4.98 Å². The number of esters is 1. The molecule has 200 valence electrons. The summed E-state index contributed by atoms with van der Waals surface area (Å²) < 4.78 is 19.2. The second-order valence-corrected chi connectivity index (χ2v) is 11.6. The van der Waals surface area contributed by atoms with E-state index in [4.69, 9.17) is 25.8 Å². The van der Waals surface area contributed by atoms with Crippen LogP contribution < -0.4 is 15.0 Å². The fourth-order valence-electron chi connectivity index (χ4n) is 3.70. The molecule has 2 heterocycles. The van der Waals surface area contributed by atoms with Gasteiger partial charge in [-0.15, -0.1) is 11.3 Å². The van der Waals surface area contributed by atoms with E-state index in [2.05, 4.69) is 4.98 Å². The Kier molecular flexibility index (Phi) is 8.13. The van der Waals surface area contributed by atoms with E-state index in [-0.39, 0.29) is 30.0 Å². The molecule has 0 fully saturated rings. The van der Waals surface area contributed by atoms with E-state index in [1.165, 1.54) is 29.3 Å². The number of halogens is 1. The van der Waals surface area contributed by atoms with Gasteiger partial charge < -0.3 is 14.2 Å². The van der Waals surface area contributed by atoms with Crippen LogP contribution in [0.25, 0.3) is 26.3 Å². The van der Waals surface area contributed by atoms with E-state index in [0.717, 1.165) is 10.4 Å². The number of carbonyl (C=O) groups excluding carboxylic acids is 1. The molecule has 1 atom stereocenters. The predicted octanol–water partition coefficient (Wildman–Crippen LogP) is 6.77. The van der Waals surface area contributed by atoms with Crippen molar-refractivity contribution < 1.29 is 19.0 Å². The van der Waals surface area contributed by atoms with E-state index in [1.54, 1.807) is 32.0 Å². The van der Waals surface area contributed by atoms with Gasteiger partial charge in [-0.3, -0.25) is 14.2 Å². The summed E-state index contributed by atoms with van der Waals surface area (Å²) in [6.07, 6.45) is 1.51. The summed E-state index contributed by atoms with van der Waals surface area (Å²) in [6.45, 7) is 9.57. The molecule has 2 aromatic carbocycles. The molecule has 0 N–H and O–H groups in total. The highest BCUT2D eigenvalue weighted by Crippen LogP contribution is 2.33. The maximum atomic E-state index is 13.4. The zero-order valence-electron chi connectivity index (χ0n) is 22.3. The van der Waals surface area contributed by atoms with E-state index in [9.17, 15) is 9.59 Å². The standard InChI is InChI=1S/C29H31ClN2O5S/c1-17(2)18(3)28(34)37-29(4,5)15-36-23-12-11-21(13-24(23)35-6)32-16-31-22-14-25(38-26(22)27(32)33)19-7-9-20(30)10-8-19/h7-14,16-18H,15H2,1-6H3/t18-/m0/s1. The van der Waals surface area contributed by atoms with Crippen molar-refractivity contribution in [3.8, 4) is 27.6 Å². The Hall–Kier alpha value is -3.36. The minimum Gasteiger partial charge on any atom is -0.493 e. The number of thiophene rings is 1. The second kappa shape index (κ2) is 11.2. The summed E-state index contributed by atoms with van der Waals surface area (Å²) in [6, 6.07) is 14.6. The number of aromatic nitrogens is 2. The number of nitrogens with zero attached hydrogens (tertiary/aromatic N) is 2. The molecule has 0 amide bonds. The molecule has 9 heteroatoms. The number of hydrogen-bond donors (Lipinski definition) is 0. The van der Waals surface area contributed by atoms with Gasteiger partial charge in [0.25, 0.3) is 5.56 Å². The van der Waals surface area contributed by atoms with Crippen LogP contribution in [0.4, 0.5) is 0 Å². The van der Waals surface area contributed by atoms with Crippen LogP contribution in [-0.2, 0) is 9.53 Å². The highest BCUT2D eigenvalue weighted by molar-refractivity contribution is 7.22. The molecule has 0 aliphatic heterocycles. The molecule has 0 saturated carbocycles. The van der Waals surface area contributed by atoms with Gasteiger partial charge in [0, 0.05) is 16.0 Å². The van der Waals surface area contributed by atoms with E-state index < -0.39 is 5.60 Å². The summed E-state index contributed by atoms with van der Waals surface area (Å²) in [5.74, 6) is 0.631. The lowest BCUT2D eigenvalue weighted by Crippen LogP contribution is -2.37. The summed E-state index contributed by atoms with van der Waals surface area (Å²) >= 11 is 7.40. The lowest BCUT2D eigenvalue weighted by atomic mass is 9.98. The molecule has 0 aliphatic carbocycles. The van der Waals surface area contributed by atoms with Gasteiger partial charge in [-0.1, -0.05) is 44.5 Å². The van der Waals surface area contributed by atoms with Crippen molar-refractivity contribution in [2.75, 3.05) is 13.7 Å². The molecule has 0 aliphatic rings. The van der Waals surface area contributed by atoms with Crippen LogP contribution in [0.15, 0.2) is 59.7 Å². The van der Waals surface area contributed by atoms with E-state index in [0.29, 0.717) is 32.4 Å². The number of ether oxygens (including phenoxy) is 3. The molecule has 2 aromatic heterocycles. The number of benzene rings is 2. The minimum absolute atomic E-state index is 0.134. The Balaban J connectivity index is 1.56. The van der Waals surface area contributed by atoms with Gasteiger partial charge in [0.1, 0.15) is 23.2 Å². The first-order chi connectivity index (χ1) is 18.0. The average Bonchev–Trinajstić information content (AvgIpc) is 3.32. The molecule has 4 rings (SSSR count).